The van der Waals surface area contributed by atoms with Crippen LogP contribution in [0.1, 0.15) is 19.5 Å². The Kier molecular flexibility index (Phi) is 2.85. The molecular weight excluding hydrogens is 320 g/mol. The van der Waals surface area contributed by atoms with Crippen molar-refractivity contribution < 1.29 is 19.1 Å². The van der Waals surface area contributed by atoms with Gasteiger partial charge in [0, 0.05) is 19.5 Å². The fourth-order valence-electron chi connectivity index (χ4n) is 2.46. The van der Waals surface area contributed by atoms with E-state index in [1.165, 1.54) is 22.7 Å². The highest BCUT2D eigenvalue weighted by atomic mass is 32.1. The van der Waals surface area contributed by atoms with E-state index in [4.69, 9.17) is 9.47 Å². The second kappa shape index (κ2) is 4.66. The molecule has 0 saturated carbocycles. The van der Waals surface area contributed by atoms with Crippen molar-refractivity contribution in [2.75, 3.05) is 0 Å². The lowest BCUT2D eigenvalue weighted by molar-refractivity contribution is -0.131. The Morgan fingerprint density at radius 2 is 1.14 bits per heavy atom. The van der Waals surface area contributed by atoms with Crippen LogP contribution in [-0.2, 0) is 19.1 Å². The number of thiophene rings is 2. The highest BCUT2D eigenvalue weighted by molar-refractivity contribution is 7.13. The van der Waals surface area contributed by atoms with E-state index in [1.54, 1.807) is 0 Å². The molecule has 0 amide bonds. The summed E-state index contributed by atoms with van der Waals surface area (Å²) in [6, 6.07) is 7.52. The predicted octanol–water partition coefficient (Wildman–Crippen LogP) is 3.66. The van der Waals surface area contributed by atoms with Crippen molar-refractivity contribution >= 4 is 45.8 Å². The van der Waals surface area contributed by atoms with Gasteiger partial charge in [-0.05, 0) is 38.1 Å². The molecule has 6 heteroatoms. The molecular formula is C16H10O4S2. The van der Waals surface area contributed by atoms with Crippen LogP contribution < -0.4 is 0 Å². The molecule has 2 aromatic rings. The van der Waals surface area contributed by atoms with Gasteiger partial charge in [-0.2, -0.15) is 0 Å². The average molecular weight is 330 g/mol. The Balaban J connectivity index is 1.91. The van der Waals surface area contributed by atoms with E-state index < -0.39 is 11.9 Å². The maximum Gasteiger partial charge on any atom is 0.349 e. The monoisotopic (exact) mass is 330 g/mol. The van der Waals surface area contributed by atoms with Gasteiger partial charge in [0.05, 0.1) is 0 Å². The predicted molar refractivity (Wildman–Crippen MR) is 84.1 cm³/mol. The normalized spacial score (nSPS) is 17.2. The van der Waals surface area contributed by atoms with Gasteiger partial charge in [-0.3, -0.25) is 0 Å². The van der Waals surface area contributed by atoms with E-state index in [2.05, 4.69) is 0 Å². The molecule has 0 unspecified atom stereocenters. The van der Waals surface area contributed by atoms with Crippen LogP contribution in [0.3, 0.4) is 0 Å². The van der Waals surface area contributed by atoms with Crippen LogP contribution in [0.2, 0.25) is 0 Å². The second-order valence-corrected chi connectivity index (χ2v) is 7.58. The summed E-state index contributed by atoms with van der Waals surface area (Å²) in [7, 11) is 0. The van der Waals surface area contributed by atoms with Gasteiger partial charge in [0.1, 0.15) is 11.1 Å². The molecule has 0 bridgehead atoms. The van der Waals surface area contributed by atoms with E-state index in [1.807, 2.05) is 38.1 Å². The largest absolute Gasteiger partial charge is 0.418 e. The van der Waals surface area contributed by atoms with E-state index in [-0.39, 0.29) is 11.5 Å². The first-order valence-electron chi connectivity index (χ1n) is 6.61. The number of fused-ring (bicyclic) bond motifs is 1. The van der Waals surface area contributed by atoms with Gasteiger partial charge in [-0.15, -0.1) is 22.7 Å². The minimum absolute atomic E-state index is 0.248. The lowest BCUT2D eigenvalue weighted by Gasteiger charge is -1.99. The van der Waals surface area contributed by atoms with E-state index >= 15 is 0 Å². The number of hydrogen-bond donors (Lipinski definition) is 0. The Morgan fingerprint density at radius 3 is 1.45 bits per heavy atom. The molecule has 0 N–H and O–H groups in total. The smallest absolute Gasteiger partial charge is 0.349 e. The minimum Gasteiger partial charge on any atom is -0.418 e. The van der Waals surface area contributed by atoms with Gasteiger partial charge in [-0.25, -0.2) is 9.59 Å². The maximum absolute atomic E-state index is 12.2. The summed E-state index contributed by atoms with van der Waals surface area (Å²) in [5.41, 5.74) is 0.675. The molecule has 110 valence electrons. The summed E-state index contributed by atoms with van der Waals surface area (Å²) in [4.78, 5) is 28.0. The van der Waals surface area contributed by atoms with Gasteiger partial charge in [-0.1, -0.05) is 0 Å². The van der Waals surface area contributed by atoms with Crippen molar-refractivity contribution in [1.29, 1.82) is 0 Å². The second-order valence-electron chi connectivity index (χ2n) is 5.01. The van der Waals surface area contributed by atoms with Crippen molar-refractivity contribution in [3.63, 3.8) is 0 Å². The standard InChI is InChI=1S/C16H10O4S2/c1-7-3-5-9(21-7)11-13-14(20-15(11)17)12(16(18)19-13)10-6-4-8(2)22-10/h3-6H,1-2H3. The molecule has 4 rings (SSSR count). The minimum atomic E-state index is -0.467. The zero-order valence-electron chi connectivity index (χ0n) is 11.8. The summed E-state index contributed by atoms with van der Waals surface area (Å²) in [6.07, 6.45) is 0. The van der Waals surface area contributed by atoms with Gasteiger partial charge in [0.25, 0.3) is 0 Å². The lowest BCUT2D eigenvalue weighted by Crippen LogP contribution is -2.03. The molecule has 4 nitrogen and oxygen atoms in total. The highest BCUT2D eigenvalue weighted by Crippen LogP contribution is 2.45. The quantitative estimate of drug-likeness (QED) is 0.789. The third-order valence-corrected chi connectivity index (χ3v) is 5.47. The van der Waals surface area contributed by atoms with Crippen LogP contribution in [0.4, 0.5) is 0 Å². The van der Waals surface area contributed by atoms with Crippen LogP contribution in [0, 0.1) is 13.8 Å². The highest BCUT2D eigenvalue weighted by Gasteiger charge is 2.44. The fourth-order valence-corrected chi connectivity index (χ4v) is 4.25. The number of hydrogen-bond acceptors (Lipinski definition) is 6. The summed E-state index contributed by atoms with van der Waals surface area (Å²) in [5.74, 6) is -0.439. The summed E-state index contributed by atoms with van der Waals surface area (Å²) in [6.45, 7) is 3.91. The van der Waals surface area contributed by atoms with Crippen molar-refractivity contribution in [2.45, 2.75) is 13.8 Å². The Morgan fingerprint density at radius 1 is 0.727 bits per heavy atom. The molecule has 0 radical (unpaired) electrons. The molecule has 0 aromatic carbocycles. The first-order chi connectivity index (χ1) is 10.5. The topological polar surface area (TPSA) is 52.6 Å². The number of carbonyl (C=O) groups excluding carboxylic acids is 2. The van der Waals surface area contributed by atoms with Crippen LogP contribution in [0.25, 0.3) is 11.1 Å². The molecule has 2 aliphatic heterocycles. The molecule has 0 spiro atoms. The molecule has 0 fully saturated rings. The van der Waals surface area contributed by atoms with Gasteiger partial charge in [0.15, 0.2) is 11.5 Å². The molecule has 0 saturated heterocycles. The zero-order chi connectivity index (χ0) is 15.4. The number of esters is 2. The van der Waals surface area contributed by atoms with E-state index in [9.17, 15) is 9.59 Å². The molecule has 2 aliphatic rings. The van der Waals surface area contributed by atoms with Gasteiger partial charge in [0.2, 0.25) is 0 Å². The molecule has 0 aliphatic carbocycles. The molecule has 4 heterocycles. The Bertz CT molecular complexity index is 821. The third-order valence-electron chi connectivity index (χ3n) is 3.43. The number of rotatable bonds is 2. The Labute approximate surface area is 134 Å². The van der Waals surface area contributed by atoms with Crippen LogP contribution >= 0.6 is 22.7 Å². The SMILES string of the molecule is Cc1ccc(C2=C3OC(=O)C(c4ccc(C)s4)=C3OC2=O)s1. The van der Waals surface area contributed by atoms with Crippen LogP contribution in [0.5, 0.6) is 0 Å². The van der Waals surface area contributed by atoms with Gasteiger partial charge >= 0.3 is 11.9 Å². The summed E-state index contributed by atoms with van der Waals surface area (Å²) >= 11 is 2.94. The van der Waals surface area contributed by atoms with Crippen molar-refractivity contribution in [2.24, 2.45) is 0 Å². The van der Waals surface area contributed by atoms with Crippen LogP contribution in [-0.4, -0.2) is 11.9 Å². The molecule has 2 aromatic heterocycles. The zero-order valence-corrected chi connectivity index (χ0v) is 13.4. The van der Waals surface area contributed by atoms with E-state index in [0.29, 0.717) is 11.1 Å². The van der Waals surface area contributed by atoms with Crippen molar-refractivity contribution in [3.8, 4) is 0 Å². The van der Waals surface area contributed by atoms with Crippen LogP contribution in [0.15, 0.2) is 35.8 Å². The number of aryl methyl sites for hydroxylation is 2. The van der Waals surface area contributed by atoms with E-state index in [0.717, 1.165) is 19.5 Å². The first kappa shape index (κ1) is 13.5. The van der Waals surface area contributed by atoms with Gasteiger partial charge < -0.3 is 9.47 Å². The number of carbonyl (C=O) groups is 2. The first-order valence-corrected chi connectivity index (χ1v) is 8.25. The Hall–Kier alpha value is -2.18. The third kappa shape index (κ3) is 1.88. The number of ether oxygens (including phenoxy) is 2. The summed E-state index contributed by atoms with van der Waals surface area (Å²) in [5, 5.41) is 0. The lowest BCUT2D eigenvalue weighted by atomic mass is 10.1. The molecule has 22 heavy (non-hydrogen) atoms. The fraction of sp³-hybridized carbons (Fsp3) is 0.125. The van der Waals surface area contributed by atoms with Crippen molar-refractivity contribution in [1.82, 2.24) is 0 Å². The molecule has 0 atom stereocenters. The average Bonchev–Trinajstić information content (AvgIpc) is 3.16. The summed E-state index contributed by atoms with van der Waals surface area (Å²) < 4.78 is 10.7. The van der Waals surface area contributed by atoms with Crippen molar-refractivity contribution in [3.05, 3.63) is 55.3 Å². The maximum atomic E-state index is 12.2.